The summed E-state index contributed by atoms with van der Waals surface area (Å²) in [6.45, 7) is 1.83. The fourth-order valence-corrected chi connectivity index (χ4v) is 2.69. The second kappa shape index (κ2) is 5.12. The summed E-state index contributed by atoms with van der Waals surface area (Å²) < 4.78 is 30.0. The van der Waals surface area contributed by atoms with Crippen LogP contribution in [-0.4, -0.2) is 8.42 Å². The fourth-order valence-electron chi connectivity index (χ4n) is 1.42. The van der Waals surface area contributed by atoms with Crippen LogP contribution >= 0.6 is 15.9 Å². The first-order valence-corrected chi connectivity index (χ1v) is 7.45. The molecule has 0 atom stereocenters. The summed E-state index contributed by atoms with van der Waals surface area (Å²) >= 11 is 3.33. The third-order valence-electron chi connectivity index (χ3n) is 2.37. The highest BCUT2D eigenvalue weighted by Gasteiger charge is 2.17. The van der Waals surface area contributed by atoms with E-state index in [0.29, 0.717) is 5.75 Å². The summed E-state index contributed by atoms with van der Waals surface area (Å²) in [5, 5.41) is 0. The molecule has 0 aliphatic heterocycles. The maximum absolute atomic E-state index is 12.0. The third kappa shape index (κ3) is 2.91. The predicted octanol–water partition coefficient (Wildman–Crippen LogP) is 3.53. The molecule has 2 rings (SSSR count). The average Bonchev–Trinajstić information content (AvgIpc) is 2.33. The van der Waals surface area contributed by atoms with Crippen LogP contribution in [0.4, 0.5) is 0 Å². The minimum Gasteiger partial charge on any atom is -0.379 e. The van der Waals surface area contributed by atoms with Crippen molar-refractivity contribution < 1.29 is 12.6 Å². The molecule has 0 spiro atoms. The lowest BCUT2D eigenvalue weighted by molar-refractivity contribution is 0.486. The number of aryl methyl sites for hydroxylation is 1. The van der Waals surface area contributed by atoms with Gasteiger partial charge in [0.1, 0.15) is 10.6 Å². The van der Waals surface area contributed by atoms with Crippen molar-refractivity contribution in [1.29, 1.82) is 0 Å². The van der Waals surface area contributed by atoms with Gasteiger partial charge in [0.25, 0.3) is 0 Å². The first-order valence-electron chi connectivity index (χ1n) is 5.25. The Hall–Kier alpha value is -1.33. The van der Waals surface area contributed by atoms with Crippen LogP contribution in [-0.2, 0) is 10.1 Å². The van der Waals surface area contributed by atoms with E-state index < -0.39 is 10.1 Å². The standard InChI is InChI=1S/C13H11BrO3S/c1-10-9-12(7-8-13(10)14)18(15,16)17-11-5-3-2-4-6-11/h2-9H,1H3. The lowest BCUT2D eigenvalue weighted by Gasteiger charge is -2.08. The quantitative estimate of drug-likeness (QED) is 0.810. The molecule has 0 radical (unpaired) electrons. The van der Waals surface area contributed by atoms with E-state index in [9.17, 15) is 8.42 Å². The summed E-state index contributed by atoms with van der Waals surface area (Å²) in [5.41, 5.74) is 0.840. The van der Waals surface area contributed by atoms with Crippen molar-refractivity contribution in [3.63, 3.8) is 0 Å². The second-order valence-electron chi connectivity index (χ2n) is 3.76. The van der Waals surface area contributed by atoms with Crippen molar-refractivity contribution in [3.8, 4) is 5.75 Å². The van der Waals surface area contributed by atoms with Crippen LogP contribution in [0.25, 0.3) is 0 Å². The molecule has 0 heterocycles. The van der Waals surface area contributed by atoms with Gasteiger partial charge >= 0.3 is 10.1 Å². The zero-order valence-electron chi connectivity index (χ0n) is 9.63. The van der Waals surface area contributed by atoms with Gasteiger partial charge in [-0.25, -0.2) is 0 Å². The molecule has 3 nitrogen and oxygen atoms in total. The number of benzene rings is 2. The van der Waals surface area contributed by atoms with Crippen molar-refractivity contribution in [2.75, 3.05) is 0 Å². The van der Waals surface area contributed by atoms with Crippen LogP contribution in [0, 0.1) is 6.92 Å². The van der Waals surface area contributed by atoms with Crippen LogP contribution in [0.3, 0.4) is 0 Å². The van der Waals surface area contributed by atoms with Gasteiger partial charge in [-0.3, -0.25) is 0 Å². The topological polar surface area (TPSA) is 43.4 Å². The predicted molar refractivity (Wildman–Crippen MR) is 73.1 cm³/mol. The molecule has 18 heavy (non-hydrogen) atoms. The summed E-state index contributed by atoms with van der Waals surface area (Å²) in [7, 11) is -3.77. The Bertz CT molecular complexity index is 651. The monoisotopic (exact) mass is 326 g/mol. The molecule has 94 valence electrons. The smallest absolute Gasteiger partial charge is 0.339 e. The van der Waals surface area contributed by atoms with Crippen LogP contribution in [0.5, 0.6) is 5.75 Å². The summed E-state index contributed by atoms with van der Waals surface area (Å²) in [6.07, 6.45) is 0. The summed E-state index contributed by atoms with van der Waals surface area (Å²) in [4.78, 5) is 0.145. The largest absolute Gasteiger partial charge is 0.379 e. The van der Waals surface area contributed by atoms with E-state index in [1.807, 2.05) is 6.92 Å². The molecule has 0 unspecified atom stereocenters. The van der Waals surface area contributed by atoms with Crippen LogP contribution in [0.1, 0.15) is 5.56 Å². The SMILES string of the molecule is Cc1cc(S(=O)(=O)Oc2ccccc2)ccc1Br. The lowest BCUT2D eigenvalue weighted by atomic mass is 10.2. The first kappa shape index (κ1) is 13.1. The number of hydrogen-bond donors (Lipinski definition) is 0. The van der Waals surface area contributed by atoms with Crippen LogP contribution in [0.2, 0.25) is 0 Å². The molecule has 5 heteroatoms. The van der Waals surface area contributed by atoms with E-state index in [1.54, 1.807) is 42.5 Å². The van der Waals surface area contributed by atoms with E-state index in [2.05, 4.69) is 15.9 Å². The van der Waals surface area contributed by atoms with Gasteiger partial charge in [-0.05, 0) is 42.8 Å². The molecule has 0 saturated heterocycles. The molecule has 0 aliphatic carbocycles. The highest BCUT2D eigenvalue weighted by Crippen LogP contribution is 2.22. The van der Waals surface area contributed by atoms with Crippen molar-refractivity contribution in [3.05, 3.63) is 58.6 Å². The molecule has 2 aromatic rings. The molecule has 0 saturated carbocycles. The Balaban J connectivity index is 2.34. The normalized spacial score (nSPS) is 11.2. The first-order chi connectivity index (χ1) is 8.49. The molecule has 0 bridgehead atoms. The van der Waals surface area contributed by atoms with Gasteiger partial charge in [-0.15, -0.1) is 0 Å². The lowest BCUT2D eigenvalue weighted by Crippen LogP contribution is -2.09. The fraction of sp³-hybridized carbons (Fsp3) is 0.0769. The maximum atomic E-state index is 12.0. The van der Waals surface area contributed by atoms with Crippen molar-refractivity contribution in [1.82, 2.24) is 0 Å². The number of halogens is 1. The minimum atomic E-state index is -3.77. The Morgan fingerprint density at radius 3 is 2.33 bits per heavy atom. The molecule has 2 aromatic carbocycles. The van der Waals surface area contributed by atoms with Gasteiger partial charge in [-0.1, -0.05) is 34.1 Å². The van der Waals surface area contributed by atoms with E-state index in [0.717, 1.165) is 10.0 Å². The van der Waals surface area contributed by atoms with Gasteiger partial charge in [-0.2, -0.15) is 8.42 Å². The molecular formula is C13H11BrO3S. The van der Waals surface area contributed by atoms with E-state index in [1.165, 1.54) is 6.07 Å². The van der Waals surface area contributed by atoms with Crippen LogP contribution < -0.4 is 4.18 Å². The number of hydrogen-bond acceptors (Lipinski definition) is 3. The van der Waals surface area contributed by atoms with Gasteiger partial charge in [0.15, 0.2) is 0 Å². The molecule has 0 amide bonds. The second-order valence-corrected chi connectivity index (χ2v) is 6.16. The Labute approximate surface area is 115 Å². The Morgan fingerprint density at radius 1 is 1.06 bits per heavy atom. The van der Waals surface area contributed by atoms with Gasteiger partial charge in [0.05, 0.1) is 0 Å². The Kier molecular flexibility index (Phi) is 3.73. The molecule has 0 N–H and O–H groups in total. The van der Waals surface area contributed by atoms with Gasteiger partial charge < -0.3 is 4.18 Å². The minimum absolute atomic E-state index is 0.145. The number of rotatable bonds is 3. The van der Waals surface area contributed by atoms with Crippen molar-refractivity contribution in [2.24, 2.45) is 0 Å². The number of para-hydroxylation sites is 1. The molecular weight excluding hydrogens is 316 g/mol. The van der Waals surface area contributed by atoms with Crippen molar-refractivity contribution in [2.45, 2.75) is 11.8 Å². The van der Waals surface area contributed by atoms with E-state index in [-0.39, 0.29) is 4.90 Å². The van der Waals surface area contributed by atoms with Crippen molar-refractivity contribution >= 4 is 26.0 Å². The Morgan fingerprint density at radius 2 is 1.72 bits per heavy atom. The highest BCUT2D eigenvalue weighted by atomic mass is 79.9. The van der Waals surface area contributed by atoms with Gasteiger partial charge in [0.2, 0.25) is 0 Å². The average molecular weight is 327 g/mol. The molecule has 0 aromatic heterocycles. The highest BCUT2D eigenvalue weighted by molar-refractivity contribution is 9.10. The molecule has 0 aliphatic rings. The summed E-state index contributed by atoms with van der Waals surface area (Å²) in [6, 6.07) is 13.2. The van der Waals surface area contributed by atoms with E-state index >= 15 is 0 Å². The zero-order chi connectivity index (χ0) is 13.2. The van der Waals surface area contributed by atoms with E-state index in [4.69, 9.17) is 4.18 Å². The molecule has 0 fully saturated rings. The van der Waals surface area contributed by atoms with Crippen LogP contribution in [0.15, 0.2) is 57.9 Å². The van der Waals surface area contributed by atoms with Gasteiger partial charge in [0, 0.05) is 4.47 Å². The zero-order valence-corrected chi connectivity index (χ0v) is 12.0. The third-order valence-corrected chi connectivity index (χ3v) is 4.50. The summed E-state index contributed by atoms with van der Waals surface area (Å²) in [5.74, 6) is 0.304. The maximum Gasteiger partial charge on any atom is 0.339 e.